The first-order valence-electron chi connectivity index (χ1n) is 10.6. The molecule has 1 amide bonds. The average molecular weight is 404 g/mol. The Labute approximate surface area is 177 Å². The van der Waals surface area contributed by atoms with Crippen LogP contribution in [0.5, 0.6) is 0 Å². The largest absolute Gasteiger partial charge is 0.349 e. The van der Waals surface area contributed by atoms with Crippen molar-refractivity contribution in [2.45, 2.75) is 45.8 Å². The smallest absolute Gasteiger partial charge is 0.251 e. The lowest BCUT2D eigenvalue weighted by Gasteiger charge is -2.32. The van der Waals surface area contributed by atoms with Gasteiger partial charge in [0.25, 0.3) is 5.91 Å². The van der Waals surface area contributed by atoms with Crippen LogP contribution in [-0.4, -0.2) is 44.7 Å². The van der Waals surface area contributed by atoms with E-state index in [1.807, 2.05) is 48.1 Å². The molecule has 1 N–H and O–H groups in total. The van der Waals surface area contributed by atoms with Crippen molar-refractivity contribution in [1.82, 2.24) is 25.0 Å². The highest BCUT2D eigenvalue weighted by molar-refractivity contribution is 5.94. The molecule has 30 heavy (non-hydrogen) atoms. The number of piperidine rings is 1. The predicted octanol–water partition coefficient (Wildman–Crippen LogP) is 3.34. The van der Waals surface area contributed by atoms with Gasteiger partial charge in [0.15, 0.2) is 0 Å². The molecule has 1 fully saturated rings. The molecule has 0 radical (unpaired) electrons. The summed E-state index contributed by atoms with van der Waals surface area (Å²) in [5.74, 6) is 0.0124. The number of nitrogens with one attached hydrogen (secondary N) is 1. The van der Waals surface area contributed by atoms with Gasteiger partial charge in [-0.1, -0.05) is 18.2 Å². The second kappa shape index (κ2) is 9.22. The third kappa shape index (κ3) is 5.13. The van der Waals surface area contributed by atoms with Crippen LogP contribution in [0.2, 0.25) is 0 Å². The van der Waals surface area contributed by atoms with Gasteiger partial charge in [-0.25, -0.2) is 0 Å². The summed E-state index contributed by atoms with van der Waals surface area (Å²) in [6.45, 7) is 7.68. The van der Waals surface area contributed by atoms with Crippen LogP contribution in [0.25, 0.3) is 0 Å². The van der Waals surface area contributed by atoms with E-state index in [1.165, 1.54) is 5.56 Å². The summed E-state index contributed by atoms with van der Waals surface area (Å²) in [5.41, 5.74) is 5.26. The van der Waals surface area contributed by atoms with Gasteiger partial charge < -0.3 is 5.32 Å². The molecule has 0 aliphatic carbocycles. The van der Waals surface area contributed by atoms with Crippen molar-refractivity contribution < 1.29 is 4.79 Å². The van der Waals surface area contributed by atoms with Gasteiger partial charge in [-0.2, -0.15) is 5.10 Å². The van der Waals surface area contributed by atoms with Crippen molar-refractivity contribution in [3.63, 3.8) is 0 Å². The van der Waals surface area contributed by atoms with E-state index in [-0.39, 0.29) is 11.9 Å². The lowest BCUT2D eigenvalue weighted by Crippen LogP contribution is -2.44. The summed E-state index contributed by atoms with van der Waals surface area (Å²) in [6, 6.07) is 14.2. The first kappa shape index (κ1) is 20.3. The van der Waals surface area contributed by atoms with Crippen LogP contribution in [0.3, 0.4) is 0 Å². The van der Waals surface area contributed by atoms with Crippen LogP contribution in [0.1, 0.15) is 45.7 Å². The molecule has 156 valence electrons. The van der Waals surface area contributed by atoms with Crippen LogP contribution in [0.15, 0.2) is 54.9 Å². The maximum Gasteiger partial charge on any atom is 0.251 e. The van der Waals surface area contributed by atoms with Gasteiger partial charge in [-0.05, 0) is 62.1 Å². The highest BCUT2D eigenvalue weighted by Crippen LogP contribution is 2.15. The molecule has 6 nitrogen and oxygen atoms in total. The summed E-state index contributed by atoms with van der Waals surface area (Å²) < 4.78 is 1.99. The quantitative estimate of drug-likeness (QED) is 0.686. The number of rotatable bonds is 6. The van der Waals surface area contributed by atoms with Gasteiger partial charge in [0.1, 0.15) is 0 Å². The average Bonchev–Trinajstić information content (AvgIpc) is 3.07. The van der Waals surface area contributed by atoms with Gasteiger partial charge >= 0.3 is 0 Å². The molecule has 0 atom stereocenters. The normalized spacial score (nSPS) is 15.3. The maximum absolute atomic E-state index is 12.7. The maximum atomic E-state index is 12.7. The van der Waals surface area contributed by atoms with E-state index in [0.717, 1.165) is 56.0 Å². The first-order chi connectivity index (χ1) is 14.6. The number of carbonyl (C=O) groups excluding carboxylic acids is 1. The number of likely N-dealkylation sites (tertiary alicyclic amines) is 1. The molecule has 1 aliphatic heterocycles. The number of hydrogen-bond donors (Lipinski definition) is 1. The fourth-order valence-electron chi connectivity index (χ4n) is 4.02. The zero-order valence-corrected chi connectivity index (χ0v) is 17.7. The van der Waals surface area contributed by atoms with E-state index >= 15 is 0 Å². The number of amides is 1. The molecule has 2 aromatic heterocycles. The fraction of sp³-hybridized carbons (Fsp3) is 0.375. The lowest BCUT2D eigenvalue weighted by atomic mass is 10.0. The number of aromatic nitrogens is 3. The molecular weight excluding hydrogens is 374 g/mol. The van der Waals surface area contributed by atoms with Crippen LogP contribution >= 0.6 is 0 Å². The molecule has 1 aliphatic rings. The van der Waals surface area contributed by atoms with Crippen molar-refractivity contribution in [1.29, 1.82) is 0 Å². The third-order valence-electron chi connectivity index (χ3n) is 5.70. The molecule has 1 saturated heterocycles. The number of aryl methyl sites for hydroxylation is 2. The van der Waals surface area contributed by atoms with Gasteiger partial charge in [-0.3, -0.25) is 19.4 Å². The Balaban J connectivity index is 1.26. The Kier molecular flexibility index (Phi) is 6.23. The SMILES string of the molecule is Cc1cc(C)n(Cc2ccc(C(=O)NC3CCN(Cc4cccnc4)CC3)cc2)n1. The van der Waals surface area contributed by atoms with Crippen molar-refractivity contribution >= 4 is 5.91 Å². The molecular formula is C24H29N5O. The molecule has 6 heteroatoms. The molecule has 0 bridgehead atoms. The Morgan fingerprint density at radius 2 is 1.83 bits per heavy atom. The standard InChI is InChI=1S/C24H29N5O/c1-18-14-19(2)29(27-18)17-20-5-7-22(8-6-20)24(30)26-23-9-12-28(13-10-23)16-21-4-3-11-25-15-21/h3-8,11,14-15,23H,9-10,12-13,16-17H2,1-2H3,(H,26,30). The van der Waals surface area contributed by atoms with Gasteiger partial charge in [-0.15, -0.1) is 0 Å². The summed E-state index contributed by atoms with van der Waals surface area (Å²) in [5, 5.41) is 7.71. The van der Waals surface area contributed by atoms with Crippen molar-refractivity contribution in [2.24, 2.45) is 0 Å². The first-order valence-corrected chi connectivity index (χ1v) is 10.6. The molecule has 1 aromatic carbocycles. The van der Waals surface area contributed by atoms with Crippen molar-refractivity contribution in [3.05, 3.63) is 82.9 Å². The van der Waals surface area contributed by atoms with Crippen molar-refractivity contribution in [3.8, 4) is 0 Å². The van der Waals surface area contributed by atoms with E-state index in [9.17, 15) is 4.79 Å². The van der Waals surface area contributed by atoms with Crippen LogP contribution < -0.4 is 5.32 Å². The summed E-state index contributed by atoms with van der Waals surface area (Å²) >= 11 is 0. The second-order valence-corrected chi connectivity index (χ2v) is 8.17. The molecule has 0 spiro atoms. The van der Waals surface area contributed by atoms with Crippen LogP contribution in [-0.2, 0) is 13.1 Å². The summed E-state index contributed by atoms with van der Waals surface area (Å²) in [7, 11) is 0. The van der Waals surface area contributed by atoms with Gasteiger partial charge in [0.2, 0.25) is 0 Å². The highest BCUT2D eigenvalue weighted by atomic mass is 16.1. The van der Waals surface area contributed by atoms with Crippen LogP contribution in [0, 0.1) is 13.8 Å². The van der Waals surface area contributed by atoms with Gasteiger partial charge in [0.05, 0.1) is 12.2 Å². The van der Waals surface area contributed by atoms with Crippen molar-refractivity contribution in [2.75, 3.05) is 13.1 Å². The molecule has 3 aromatic rings. The zero-order valence-electron chi connectivity index (χ0n) is 17.7. The minimum Gasteiger partial charge on any atom is -0.349 e. The highest BCUT2D eigenvalue weighted by Gasteiger charge is 2.21. The van der Waals surface area contributed by atoms with E-state index in [0.29, 0.717) is 5.56 Å². The number of hydrogen-bond acceptors (Lipinski definition) is 4. The minimum absolute atomic E-state index is 0.0124. The third-order valence-corrected chi connectivity index (χ3v) is 5.70. The predicted molar refractivity (Wildman–Crippen MR) is 117 cm³/mol. The molecule has 3 heterocycles. The summed E-state index contributed by atoms with van der Waals surface area (Å²) in [6.07, 6.45) is 5.67. The minimum atomic E-state index is 0.0124. The zero-order chi connectivity index (χ0) is 20.9. The molecule has 4 rings (SSSR count). The van der Waals surface area contributed by atoms with E-state index < -0.39 is 0 Å². The summed E-state index contributed by atoms with van der Waals surface area (Å²) in [4.78, 5) is 19.3. The fourth-order valence-corrected chi connectivity index (χ4v) is 4.02. The number of benzene rings is 1. The topological polar surface area (TPSA) is 63.1 Å². The second-order valence-electron chi connectivity index (χ2n) is 8.17. The lowest BCUT2D eigenvalue weighted by molar-refractivity contribution is 0.0909. The van der Waals surface area contributed by atoms with E-state index in [4.69, 9.17) is 0 Å². The van der Waals surface area contributed by atoms with E-state index in [1.54, 1.807) is 6.20 Å². The Morgan fingerprint density at radius 3 is 2.47 bits per heavy atom. The number of nitrogens with zero attached hydrogens (tertiary/aromatic N) is 4. The van der Waals surface area contributed by atoms with E-state index in [2.05, 4.69) is 39.4 Å². The number of carbonyl (C=O) groups is 1. The van der Waals surface area contributed by atoms with Gasteiger partial charge in [0, 0.05) is 49.3 Å². The van der Waals surface area contributed by atoms with Crippen LogP contribution in [0.4, 0.5) is 0 Å². The monoisotopic (exact) mass is 403 g/mol. The molecule has 0 unspecified atom stereocenters. The molecule has 0 saturated carbocycles. The Hall–Kier alpha value is -2.99. The Bertz CT molecular complexity index is 973. The Morgan fingerprint density at radius 1 is 1.07 bits per heavy atom. The number of pyridine rings is 1.